The zero-order valence-electron chi connectivity index (χ0n) is 7.71. The van der Waals surface area contributed by atoms with E-state index in [1.54, 1.807) is 6.07 Å². The first-order chi connectivity index (χ1) is 7.06. The highest BCUT2D eigenvalue weighted by Gasteiger charge is 2.29. The lowest BCUT2D eigenvalue weighted by Crippen LogP contribution is -2.24. The van der Waals surface area contributed by atoms with E-state index in [2.05, 4.69) is 15.9 Å². The molecule has 1 aliphatic heterocycles. The molecule has 15 heavy (non-hydrogen) atoms. The molecular formula is C10H8BrClFNO. The van der Waals surface area contributed by atoms with Gasteiger partial charge in [0.05, 0.1) is 0 Å². The molecule has 1 aliphatic rings. The number of carbonyl (C=O) groups excluding carboxylic acids is 1. The molecule has 80 valence electrons. The van der Waals surface area contributed by atoms with Gasteiger partial charge in [-0.2, -0.15) is 0 Å². The highest BCUT2D eigenvalue weighted by atomic mass is 79.9. The van der Waals surface area contributed by atoms with Crippen molar-refractivity contribution in [3.8, 4) is 0 Å². The van der Waals surface area contributed by atoms with E-state index in [4.69, 9.17) is 11.6 Å². The number of alkyl halides is 1. The average Bonchev–Trinajstić information content (AvgIpc) is 2.43. The fourth-order valence-corrected chi connectivity index (χ4v) is 2.39. The van der Waals surface area contributed by atoms with E-state index in [1.165, 1.54) is 17.0 Å². The molecule has 1 heterocycles. The third kappa shape index (κ3) is 2.32. The minimum Gasteiger partial charge on any atom is -0.311 e. The highest BCUT2D eigenvalue weighted by molar-refractivity contribution is 9.09. The van der Waals surface area contributed by atoms with Gasteiger partial charge in [0.1, 0.15) is 5.82 Å². The molecule has 0 N–H and O–H groups in total. The van der Waals surface area contributed by atoms with Crippen molar-refractivity contribution in [3.05, 3.63) is 29.0 Å². The third-order valence-electron chi connectivity index (χ3n) is 2.24. The van der Waals surface area contributed by atoms with E-state index >= 15 is 0 Å². The van der Waals surface area contributed by atoms with E-state index in [1.807, 2.05) is 0 Å². The lowest BCUT2D eigenvalue weighted by atomic mass is 10.3. The molecule has 0 radical (unpaired) electrons. The molecule has 1 saturated heterocycles. The molecule has 5 heteroatoms. The fraction of sp³-hybridized carbons (Fsp3) is 0.300. The summed E-state index contributed by atoms with van der Waals surface area (Å²) in [5.41, 5.74) is 0.520. The molecule has 0 bridgehead atoms. The van der Waals surface area contributed by atoms with Gasteiger partial charge in [0.25, 0.3) is 0 Å². The summed E-state index contributed by atoms with van der Waals surface area (Å²) >= 11 is 9.09. The Morgan fingerprint density at radius 1 is 1.47 bits per heavy atom. The monoisotopic (exact) mass is 291 g/mol. The van der Waals surface area contributed by atoms with Gasteiger partial charge in [0.2, 0.25) is 5.91 Å². The normalized spacial score (nSPS) is 21.1. The largest absolute Gasteiger partial charge is 0.311 e. The molecule has 1 amide bonds. The Morgan fingerprint density at radius 3 is 2.73 bits per heavy atom. The molecule has 0 saturated carbocycles. The number of carbonyl (C=O) groups is 1. The Bertz CT molecular complexity index is 392. The molecule has 1 unspecified atom stereocenters. The van der Waals surface area contributed by atoms with Crippen molar-refractivity contribution < 1.29 is 9.18 Å². The van der Waals surface area contributed by atoms with Crippen LogP contribution in [0.4, 0.5) is 10.1 Å². The molecule has 0 aliphatic carbocycles. The van der Waals surface area contributed by atoms with Crippen LogP contribution in [0.2, 0.25) is 5.02 Å². The predicted molar refractivity (Wildman–Crippen MR) is 61.1 cm³/mol. The average molecular weight is 293 g/mol. The van der Waals surface area contributed by atoms with Crippen LogP contribution in [-0.4, -0.2) is 17.3 Å². The van der Waals surface area contributed by atoms with Crippen LogP contribution in [0.5, 0.6) is 0 Å². The van der Waals surface area contributed by atoms with Crippen molar-refractivity contribution in [2.45, 2.75) is 11.2 Å². The van der Waals surface area contributed by atoms with Gasteiger partial charge in [0.15, 0.2) is 0 Å². The summed E-state index contributed by atoms with van der Waals surface area (Å²) in [6, 6.07) is 4.12. The molecule has 1 aromatic rings. The number of nitrogens with zero attached hydrogens (tertiary/aromatic N) is 1. The Balaban J connectivity index is 2.33. The lowest BCUT2D eigenvalue weighted by Gasteiger charge is -2.16. The van der Waals surface area contributed by atoms with Crippen LogP contribution >= 0.6 is 27.5 Å². The van der Waals surface area contributed by atoms with Crippen molar-refractivity contribution >= 4 is 39.1 Å². The number of benzene rings is 1. The van der Waals surface area contributed by atoms with Gasteiger partial charge >= 0.3 is 0 Å². The third-order valence-corrected chi connectivity index (χ3v) is 3.07. The maximum atomic E-state index is 13.1. The standard InChI is InChI=1S/C10H8BrClFNO/c11-6-1-10(15)14(5-6)9-3-7(12)2-8(13)4-9/h2-4,6H,1,5H2. The molecular weight excluding hydrogens is 284 g/mol. The molecule has 1 aromatic carbocycles. The number of halogens is 3. The van der Waals surface area contributed by atoms with Crippen LogP contribution in [0.1, 0.15) is 6.42 Å². The van der Waals surface area contributed by atoms with Crippen LogP contribution in [0, 0.1) is 5.82 Å². The van der Waals surface area contributed by atoms with Gasteiger partial charge in [-0.1, -0.05) is 27.5 Å². The first-order valence-electron chi connectivity index (χ1n) is 4.47. The maximum Gasteiger partial charge on any atom is 0.228 e. The Kier molecular flexibility index (Phi) is 2.98. The van der Waals surface area contributed by atoms with Crippen LogP contribution in [0.25, 0.3) is 0 Å². The Hall–Kier alpha value is -0.610. The summed E-state index contributed by atoms with van der Waals surface area (Å²) in [5, 5.41) is 0.302. The van der Waals surface area contributed by atoms with Crippen LogP contribution < -0.4 is 4.90 Å². The van der Waals surface area contributed by atoms with Crippen molar-refractivity contribution in [2.75, 3.05) is 11.4 Å². The van der Waals surface area contributed by atoms with Crippen LogP contribution in [0.3, 0.4) is 0 Å². The summed E-state index contributed by atoms with van der Waals surface area (Å²) in [5.74, 6) is -0.443. The van der Waals surface area contributed by atoms with E-state index in [0.29, 0.717) is 23.7 Å². The number of rotatable bonds is 1. The van der Waals surface area contributed by atoms with Crippen LogP contribution in [-0.2, 0) is 4.79 Å². The summed E-state index contributed by atoms with van der Waals surface area (Å²) in [6.07, 6.45) is 0.439. The molecule has 2 rings (SSSR count). The minimum absolute atomic E-state index is 0.0152. The summed E-state index contributed by atoms with van der Waals surface area (Å²) in [7, 11) is 0. The molecule has 0 spiro atoms. The zero-order chi connectivity index (χ0) is 11.0. The SMILES string of the molecule is O=C1CC(Br)CN1c1cc(F)cc(Cl)c1. The van der Waals surface area contributed by atoms with E-state index in [9.17, 15) is 9.18 Å². The van der Waals surface area contributed by atoms with Crippen molar-refractivity contribution in [3.63, 3.8) is 0 Å². The quantitative estimate of drug-likeness (QED) is 0.729. The van der Waals surface area contributed by atoms with Gasteiger partial charge in [-0.15, -0.1) is 0 Å². The topological polar surface area (TPSA) is 20.3 Å². The Labute approximate surface area is 100 Å². The second-order valence-corrected chi connectivity index (χ2v) is 5.16. The second-order valence-electron chi connectivity index (χ2n) is 3.43. The molecule has 1 atom stereocenters. The maximum absolute atomic E-state index is 13.1. The van der Waals surface area contributed by atoms with E-state index in [-0.39, 0.29) is 10.7 Å². The van der Waals surface area contributed by atoms with Crippen LogP contribution in [0.15, 0.2) is 18.2 Å². The minimum atomic E-state index is -0.427. The number of hydrogen-bond acceptors (Lipinski definition) is 1. The molecule has 0 aromatic heterocycles. The first-order valence-corrected chi connectivity index (χ1v) is 5.76. The number of anilines is 1. The highest BCUT2D eigenvalue weighted by Crippen LogP contribution is 2.28. The van der Waals surface area contributed by atoms with Gasteiger partial charge in [-0.3, -0.25) is 4.79 Å². The summed E-state index contributed by atoms with van der Waals surface area (Å²) < 4.78 is 13.1. The molecule has 1 fully saturated rings. The van der Waals surface area contributed by atoms with Crippen molar-refractivity contribution in [2.24, 2.45) is 0 Å². The number of amides is 1. The van der Waals surface area contributed by atoms with Gasteiger partial charge < -0.3 is 4.90 Å². The van der Waals surface area contributed by atoms with Crippen molar-refractivity contribution in [1.29, 1.82) is 0 Å². The first kappa shape index (κ1) is 10.9. The van der Waals surface area contributed by atoms with Gasteiger partial charge in [-0.05, 0) is 18.2 Å². The molecule has 2 nitrogen and oxygen atoms in total. The predicted octanol–water partition coefficient (Wildman–Crippen LogP) is 2.98. The lowest BCUT2D eigenvalue weighted by molar-refractivity contribution is -0.117. The van der Waals surface area contributed by atoms with Crippen molar-refractivity contribution in [1.82, 2.24) is 0 Å². The van der Waals surface area contributed by atoms with E-state index in [0.717, 1.165) is 0 Å². The zero-order valence-corrected chi connectivity index (χ0v) is 10.1. The smallest absolute Gasteiger partial charge is 0.228 e. The second kappa shape index (κ2) is 4.10. The number of hydrogen-bond donors (Lipinski definition) is 0. The van der Waals surface area contributed by atoms with E-state index < -0.39 is 5.82 Å². The summed E-state index contributed by atoms with van der Waals surface area (Å²) in [4.78, 5) is 13.2. The van der Waals surface area contributed by atoms with Gasteiger partial charge in [0, 0.05) is 28.5 Å². The Morgan fingerprint density at radius 2 is 2.20 bits per heavy atom. The fourth-order valence-electron chi connectivity index (χ4n) is 1.61. The summed E-state index contributed by atoms with van der Waals surface area (Å²) in [6.45, 7) is 0.554. The van der Waals surface area contributed by atoms with Gasteiger partial charge in [-0.25, -0.2) is 4.39 Å².